The molecule has 0 bridgehead atoms. The molecule has 1 saturated heterocycles. The zero-order chi connectivity index (χ0) is 10.2. The molecule has 1 fully saturated rings. The second-order valence-corrected chi connectivity index (χ2v) is 2.94. The molecule has 13 heavy (non-hydrogen) atoms. The predicted octanol–water partition coefficient (Wildman–Crippen LogP) is -0.656. The highest BCUT2D eigenvalue weighted by Gasteiger charge is 2.51. The lowest BCUT2D eigenvalue weighted by Gasteiger charge is -2.36. The van der Waals surface area contributed by atoms with E-state index in [0.717, 1.165) is 0 Å². The van der Waals surface area contributed by atoms with E-state index in [4.69, 9.17) is 15.9 Å². The van der Waals surface area contributed by atoms with Crippen molar-refractivity contribution >= 4 is 0 Å². The first-order valence-corrected chi connectivity index (χ1v) is 3.66. The third-order valence-corrected chi connectivity index (χ3v) is 1.85. The van der Waals surface area contributed by atoms with E-state index in [1.807, 2.05) is 0 Å². The molecule has 0 amide bonds. The summed E-state index contributed by atoms with van der Waals surface area (Å²) in [4.78, 5) is 0. The molecule has 0 spiro atoms. The summed E-state index contributed by atoms with van der Waals surface area (Å²) in [5, 5.41) is 17.8. The summed E-state index contributed by atoms with van der Waals surface area (Å²) >= 11 is 0. The Morgan fingerprint density at radius 1 is 1.31 bits per heavy atom. The van der Waals surface area contributed by atoms with Gasteiger partial charge in [-0.1, -0.05) is 0 Å². The number of hydrogen-bond acceptors (Lipinski definition) is 4. The van der Waals surface area contributed by atoms with Crippen LogP contribution in [0.15, 0.2) is 0 Å². The topological polar surface area (TPSA) is 75.7 Å². The third kappa shape index (κ3) is 2.31. The number of aliphatic hydroxyl groups is 2. The van der Waals surface area contributed by atoms with Crippen molar-refractivity contribution < 1.29 is 28.1 Å². The molecule has 0 saturated carbocycles. The van der Waals surface area contributed by atoms with Crippen molar-refractivity contribution in [3.05, 3.63) is 0 Å². The summed E-state index contributed by atoms with van der Waals surface area (Å²) in [6.45, 7) is 0. The molecule has 78 valence electrons. The molecule has 0 aromatic heterocycles. The van der Waals surface area contributed by atoms with Crippen LogP contribution in [-0.2, 0) is 4.74 Å². The molecular formula is C6H10F3NO3. The van der Waals surface area contributed by atoms with Crippen LogP contribution in [0.25, 0.3) is 0 Å². The lowest BCUT2D eigenvalue weighted by Crippen LogP contribution is -2.57. The Bertz CT molecular complexity index is 186. The monoisotopic (exact) mass is 201 g/mol. The van der Waals surface area contributed by atoms with Gasteiger partial charge in [-0.15, -0.1) is 0 Å². The van der Waals surface area contributed by atoms with Crippen LogP contribution < -0.4 is 5.73 Å². The number of ether oxygens (including phenoxy) is 1. The van der Waals surface area contributed by atoms with Crippen LogP contribution in [0.1, 0.15) is 6.42 Å². The Morgan fingerprint density at radius 3 is 2.31 bits per heavy atom. The highest BCUT2D eigenvalue weighted by molar-refractivity contribution is 4.89. The first-order chi connectivity index (χ1) is 5.82. The summed E-state index contributed by atoms with van der Waals surface area (Å²) in [6.07, 6.45) is -10.7. The normalized spacial score (nSPS) is 42.0. The Labute approximate surface area is 72.1 Å². The van der Waals surface area contributed by atoms with Crippen molar-refractivity contribution in [2.24, 2.45) is 5.73 Å². The Balaban J connectivity index is 2.72. The minimum absolute atomic E-state index is 0.201. The fraction of sp³-hybridized carbons (Fsp3) is 1.00. The van der Waals surface area contributed by atoms with Crippen LogP contribution in [0.5, 0.6) is 0 Å². The second kappa shape index (κ2) is 3.41. The van der Waals surface area contributed by atoms with Crippen molar-refractivity contribution in [2.75, 3.05) is 0 Å². The van der Waals surface area contributed by atoms with Gasteiger partial charge in [0.1, 0.15) is 6.10 Å². The average molecular weight is 201 g/mol. The zero-order valence-corrected chi connectivity index (χ0v) is 6.53. The van der Waals surface area contributed by atoms with Crippen molar-refractivity contribution in [1.82, 2.24) is 0 Å². The van der Waals surface area contributed by atoms with Crippen molar-refractivity contribution in [3.63, 3.8) is 0 Å². The minimum Gasteiger partial charge on any atom is -0.388 e. The zero-order valence-electron chi connectivity index (χ0n) is 6.53. The molecule has 7 heteroatoms. The highest BCUT2D eigenvalue weighted by Crippen LogP contribution is 2.31. The third-order valence-electron chi connectivity index (χ3n) is 1.85. The largest absolute Gasteiger partial charge is 0.417 e. The molecule has 4 unspecified atom stereocenters. The Kier molecular flexibility index (Phi) is 2.81. The predicted molar refractivity (Wildman–Crippen MR) is 35.5 cm³/mol. The van der Waals surface area contributed by atoms with Gasteiger partial charge in [0.05, 0.1) is 0 Å². The number of alkyl halides is 3. The first kappa shape index (κ1) is 10.7. The summed E-state index contributed by atoms with van der Waals surface area (Å²) < 4.78 is 40.4. The molecular weight excluding hydrogens is 191 g/mol. The molecule has 1 aliphatic rings. The van der Waals surface area contributed by atoms with Gasteiger partial charge < -0.3 is 20.7 Å². The van der Waals surface area contributed by atoms with Gasteiger partial charge in [-0.25, -0.2) is 0 Å². The van der Waals surface area contributed by atoms with Crippen molar-refractivity contribution in [1.29, 1.82) is 0 Å². The maximum atomic E-state index is 12.1. The quantitative estimate of drug-likeness (QED) is 0.486. The minimum atomic E-state index is -4.71. The first-order valence-electron chi connectivity index (χ1n) is 3.66. The van der Waals surface area contributed by atoms with E-state index in [9.17, 15) is 13.2 Å². The fourth-order valence-corrected chi connectivity index (χ4v) is 1.17. The van der Waals surface area contributed by atoms with E-state index in [-0.39, 0.29) is 6.42 Å². The van der Waals surface area contributed by atoms with Gasteiger partial charge in [0.2, 0.25) is 0 Å². The van der Waals surface area contributed by atoms with Gasteiger partial charge in [-0.3, -0.25) is 0 Å². The molecule has 0 radical (unpaired) electrons. The SMILES string of the molecule is NC1CC(O)OC(C(F)(F)F)C1O. The van der Waals surface area contributed by atoms with E-state index in [1.165, 1.54) is 0 Å². The fourth-order valence-electron chi connectivity index (χ4n) is 1.17. The standard InChI is InChI=1S/C6H10F3NO3/c7-6(8,9)5-4(12)2(10)1-3(11)13-5/h2-5,11-12H,1,10H2. The van der Waals surface area contributed by atoms with E-state index < -0.39 is 30.7 Å². The van der Waals surface area contributed by atoms with Crippen LogP contribution >= 0.6 is 0 Å². The molecule has 4 nitrogen and oxygen atoms in total. The summed E-state index contributed by atoms with van der Waals surface area (Å²) in [5.74, 6) is 0. The summed E-state index contributed by atoms with van der Waals surface area (Å²) in [6, 6.07) is -1.12. The molecule has 0 aromatic carbocycles. The Morgan fingerprint density at radius 2 is 1.85 bits per heavy atom. The number of aliphatic hydroxyl groups excluding tert-OH is 2. The average Bonchev–Trinajstić information content (AvgIpc) is 1.94. The van der Waals surface area contributed by atoms with Gasteiger partial charge >= 0.3 is 6.18 Å². The van der Waals surface area contributed by atoms with E-state index in [0.29, 0.717) is 0 Å². The smallest absolute Gasteiger partial charge is 0.388 e. The molecule has 4 N–H and O–H groups in total. The highest BCUT2D eigenvalue weighted by atomic mass is 19.4. The molecule has 0 aromatic rings. The van der Waals surface area contributed by atoms with E-state index >= 15 is 0 Å². The lowest BCUT2D eigenvalue weighted by atomic mass is 9.99. The van der Waals surface area contributed by atoms with Crippen molar-refractivity contribution in [2.45, 2.75) is 37.1 Å². The maximum Gasteiger partial charge on any atom is 0.417 e. The molecule has 1 aliphatic heterocycles. The number of hydrogen-bond donors (Lipinski definition) is 3. The maximum absolute atomic E-state index is 12.1. The van der Waals surface area contributed by atoms with Crippen LogP contribution in [0.3, 0.4) is 0 Å². The molecule has 1 heterocycles. The molecule has 1 rings (SSSR count). The van der Waals surface area contributed by atoms with Crippen molar-refractivity contribution in [3.8, 4) is 0 Å². The molecule has 4 atom stereocenters. The second-order valence-electron chi connectivity index (χ2n) is 2.94. The van der Waals surface area contributed by atoms with Crippen LogP contribution in [-0.4, -0.2) is 40.9 Å². The molecule has 0 aliphatic carbocycles. The van der Waals surface area contributed by atoms with Gasteiger partial charge in [0.25, 0.3) is 0 Å². The number of rotatable bonds is 0. The summed E-state index contributed by atoms with van der Waals surface area (Å²) in [5.41, 5.74) is 5.17. The lowest BCUT2D eigenvalue weighted by molar-refractivity contribution is -0.306. The Hall–Kier alpha value is -0.370. The van der Waals surface area contributed by atoms with Gasteiger partial charge in [-0.05, 0) is 0 Å². The van der Waals surface area contributed by atoms with Crippen LogP contribution in [0.4, 0.5) is 13.2 Å². The van der Waals surface area contributed by atoms with Gasteiger partial charge in [0.15, 0.2) is 12.4 Å². The van der Waals surface area contributed by atoms with Crippen LogP contribution in [0, 0.1) is 0 Å². The van der Waals surface area contributed by atoms with Gasteiger partial charge in [-0.2, -0.15) is 13.2 Å². The summed E-state index contributed by atoms with van der Waals surface area (Å²) in [7, 11) is 0. The number of halogens is 3. The van der Waals surface area contributed by atoms with E-state index in [1.54, 1.807) is 0 Å². The van der Waals surface area contributed by atoms with Crippen LogP contribution in [0.2, 0.25) is 0 Å². The van der Waals surface area contributed by atoms with E-state index in [2.05, 4.69) is 4.74 Å². The number of nitrogens with two attached hydrogens (primary N) is 1. The van der Waals surface area contributed by atoms with Gasteiger partial charge in [0, 0.05) is 12.5 Å².